The molecular formula is C25H31Cl3N2O3. The van der Waals surface area contributed by atoms with Crippen molar-refractivity contribution in [3.05, 3.63) is 62.1 Å². The van der Waals surface area contributed by atoms with Crippen molar-refractivity contribution < 1.29 is 14.3 Å². The first-order chi connectivity index (χ1) is 15.6. The number of hydrogen-bond donors (Lipinski definition) is 1. The number of nitrogens with zero attached hydrogens (tertiary/aromatic N) is 1. The van der Waals surface area contributed by atoms with E-state index < -0.39 is 6.04 Å². The molecule has 0 saturated carbocycles. The van der Waals surface area contributed by atoms with E-state index in [1.165, 1.54) is 4.90 Å². The maximum absolute atomic E-state index is 13.3. The zero-order valence-electron chi connectivity index (χ0n) is 19.7. The molecule has 0 heterocycles. The average molecular weight is 514 g/mol. The maximum atomic E-state index is 13.3. The summed E-state index contributed by atoms with van der Waals surface area (Å²) in [6.45, 7) is 9.56. The molecule has 1 N–H and O–H groups in total. The Labute approximate surface area is 211 Å². The molecule has 2 amide bonds. The lowest BCUT2D eigenvalue weighted by molar-refractivity contribution is -0.143. The van der Waals surface area contributed by atoms with Gasteiger partial charge in [-0.15, -0.1) is 0 Å². The Hall–Kier alpha value is -1.95. The topological polar surface area (TPSA) is 58.6 Å². The second kappa shape index (κ2) is 12.5. The summed E-state index contributed by atoms with van der Waals surface area (Å²) in [4.78, 5) is 27.8. The molecule has 2 rings (SSSR count). The summed E-state index contributed by atoms with van der Waals surface area (Å²) in [7, 11) is 0. The molecule has 0 aliphatic carbocycles. The fraction of sp³-hybridized carbons (Fsp3) is 0.440. The molecule has 33 heavy (non-hydrogen) atoms. The van der Waals surface area contributed by atoms with Crippen LogP contribution in [0.2, 0.25) is 15.1 Å². The molecular weight excluding hydrogens is 483 g/mol. The van der Waals surface area contributed by atoms with Gasteiger partial charge in [0, 0.05) is 17.6 Å². The third-order valence-electron chi connectivity index (χ3n) is 5.50. The highest BCUT2D eigenvalue weighted by Gasteiger charge is 2.29. The van der Waals surface area contributed by atoms with E-state index in [-0.39, 0.29) is 31.0 Å². The van der Waals surface area contributed by atoms with Crippen LogP contribution in [0.3, 0.4) is 0 Å². The molecule has 0 spiro atoms. The van der Waals surface area contributed by atoms with Gasteiger partial charge in [0.25, 0.3) is 5.91 Å². The largest absolute Gasteiger partial charge is 0.484 e. The number of hydrogen-bond acceptors (Lipinski definition) is 3. The smallest absolute Gasteiger partial charge is 0.261 e. The number of aryl methyl sites for hydroxylation is 2. The molecule has 2 aromatic rings. The number of amides is 2. The monoisotopic (exact) mass is 512 g/mol. The summed E-state index contributed by atoms with van der Waals surface area (Å²) in [6, 6.07) is 8.11. The van der Waals surface area contributed by atoms with E-state index >= 15 is 0 Å². The van der Waals surface area contributed by atoms with Gasteiger partial charge in [0.05, 0.1) is 10.0 Å². The fourth-order valence-corrected chi connectivity index (χ4v) is 3.84. The van der Waals surface area contributed by atoms with E-state index in [1.54, 1.807) is 30.3 Å². The maximum Gasteiger partial charge on any atom is 0.261 e. The molecule has 0 bridgehead atoms. The van der Waals surface area contributed by atoms with Gasteiger partial charge in [-0.2, -0.15) is 0 Å². The first-order valence-corrected chi connectivity index (χ1v) is 12.1. The van der Waals surface area contributed by atoms with Crippen LogP contribution in [0.25, 0.3) is 0 Å². The summed E-state index contributed by atoms with van der Waals surface area (Å²) in [6.07, 6.45) is 1.25. The van der Waals surface area contributed by atoms with Crippen molar-refractivity contribution in [1.29, 1.82) is 0 Å². The normalized spacial score (nSPS) is 12.7. The van der Waals surface area contributed by atoms with E-state index in [2.05, 4.69) is 5.32 Å². The van der Waals surface area contributed by atoms with Crippen molar-refractivity contribution in [1.82, 2.24) is 10.2 Å². The Morgan fingerprint density at radius 1 is 1.00 bits per heavy atom. The van der Waals surface area contributed by atoms with Crippen LogP contribution >= 0.6 is 34.8 Å². The molecule has 0 saturated heterocycles. The van der Waals surface area contributed by atoms with Crippen LogP contribution in [-0.2, 0) is 16.1 Å². The number of carbonyl (C=O) groups is 2. The Bertz CT molecular complexity index is 974. The third kappa shape index (κ3) is 7.53. The molecule has 0 aliphatic rings. The van der Waals surface area contributed by atoms with E-state index in [1.807, 2.05) is 34.6 Å². The second-order valence-corrected chi connectivity index (χ2v) is 9.36. The number of nitrogens with one attached hydrogen (secondary N) is 1. The Morgan fingerprint density at radius 3 is 2.18 bits per heavy atom. The van der Waals surface area contributed by atoms with E-state index in [9.17, 15) is 9.59 Å². The van der Waals surface area contributed by atoms with Gasteiger partial charge in [-0.3, -0.25) is 9.59 Å². The van der Waals surface area contributed by atoms with Gasteiger partial charge in [-0.1, -0.05) is 54.7 Å². The Morgan fingerprint density at radius 2 is 1.64 bits per heavy atom. The van der Waals surface area contributed by atoms with Crippen molar-refractivity contribution in [2.24, 2.45) is 0 Å². The Balaban J connectivity index is 2.28. The van der Waals surface area contributed by atoms with E-state index in [4.69, 9.17) is 39.5 Å². The van der Waals surface area contributed by atoms with Gasteiger partial charge in [0.2, 0.25) is 5.91 Å². The molecule has 180 valence electrons. The van der Waals surface area contributed by atoms with Crippen molar-refractivity contribution >= 4 is 46.6 Å². The van der Waals surface area contributed by atoms with Gasteiger partial charge >= 0.3 is 0 Å². The molecule has 2 aromatic carbocycles. The minimum absolute atomic E-state index is 0.00439. The Kier molecular flexibility index (Phi) is 10.3. The number of halogens is 3. The highest BCUT2D eigenvalue weighted by atomic mass is 35.5. The van der Waals surface area contributed by atoms with Crippen LogP contribution in [-0.4, -0.2) is 35.4 Å². The molecule has 0 fully saturated rings. The van der Waals surface area contributed by atoms with Gasteiger partial charge in [-0.25, -0.2) is 0 Å². The summed E-state index contributed by atoms with van der Waals surface area (Å²) >= 11 is 18.4. The lowest BCUT2D eigenvalue weighted by Gasteiger charge is -2.31. The zero-order chi connectivity index (χ0) is 24.7. The molecule has 0 radical (unpaired) electrons. The highest BCUT2D eigenvalue weighted by molar-refractivity contribution is 6.42. The first kappa shape index (κ1) is 27.3. The van der Waals surface area contributed by atoms with E-state index in [0.717, 1.165) is 23.1 Å². The minimum atomic E-state index is -0.654. The van der Waals surface area contributed by atoms with Crippen molar-refractivity contribution in [3.8, 4) is 5.75 Å². The minimum Gasteiger partial charge on any atom is -0.484 e. The van der Waals surface area contributed by atoms with Crippen LogP contribution in [0.5, 0.6) is 5.75 Å². The molecule has 0 aromatic heterocycles. The van der Waals surface area contributed by atoms with Crippen molar-refractivity contribution in [2.75, 3.05) is 6.61 Å². The SMILES string of the molecule is CC[C@@H](C)NC(=O)[C@H](CC)N(Cc1ccc(Cl)c(Cl)c1)C(=O)COc1cc(C)c(Cl)c(C)c1. The third-order valence-corrected chi connectivity index (χ3v) is 6.83. The van der Waals surface area contributed by atoms with Gasteiger partial charge in [0.15, 0.2) is 6.61 Å². The van der Waals surface area contributed by atoms with Crippen molar-refractivity contribution in [3.63, 3.8) is 0 Å². The fourth-order valence-electron chi connectivity index (χ4n) is 3.41. The predicted octanol–water partition coefficient (Wildman–Crippen LogP) is 6.36. The molecule has 0 unspecified atom stereocenters. The molecule has 0 aliphatic heterocycles. The highest BCUT2D eigenvalue weighted by Crippen LogP contribution is 2.27. The van der Waals surface area contributed by atoms with Crippen LogP contribution < -0.4 is 10.1 Å². The van der Waals surface area contributed by atoms with Gasteiger partial charge < -0.3 is 15.0 Å². The predicted molar refractivity (Wildman–Crippen MR) is 135 cm³/mol. The quantitative estimate of drug-likeness (QED) is 0.402. The van der Waals surface area contributed by atoms with Crippen LogP contribution in [0.15, 0.2) is 30.3 Å². The van der Waals surface area contributed by atoms with Gasteiger partial charge in [-0.05, 0) is 74.6 Å². The lowest BCUT2D eigenvalue weighted by atomic mass is 10.1. The van der Waals surface area contributed by atoms with Crippen LogP contribution in [0.1, 0.15) is 50.3 Å². The molecule has 2 atom stereocenters. The standard InChI is InChI=1S/C25H31Cl3N2O3/c1-6-17(5)29-25(32)22(7-2)30(13-18-8-9-20(26)21(27)12-18)23(31)14-33-19-10-15(3)24(28)16(4)11-19/h8-12,17,22H,6-7,13-14H2,1-5H3,(H,29,32)/t17-,22+/m1/s1. The van der Waals surface area contributed by atoms with Crippen LogP contribution in [0.4, 0.5) is 0 Å². The number of ether oxygens (including phenoxy) is 1. The number of rotatable bonds is 10. The van der Waals surface area contributed by atoms with Crippen LogP contribution in [0, 0.1) is 13.8 Å². The number of benzene rings is 2. The van der Waals surface area contributed by atoms with Gasteiger partial charge in [0.1, 0.15) is 11.8 Å². The summed E-state index contributed by atoms with van der Waals surface area (Å²) in [5.74, 6) is 0.0465. The second-order valence-electron chi connectivity index (χ2n) is 8.17. The summed E-state index contributed by atoms with van der Waals surface area (Å²) in [5.41, 5.74) is 2.50. The van der Waals surface area contributed by atoms with E-state index in [0.29, 0.717) is 27.2 Å². The summed E-state index contributed by atoms with van der Waals surface area (Å²) in [5, 5.41) is 4.47. The first-order valence-electron chi connectivity index (χ1n) is 11.0. The zero-order valence-corrected chi connectivity index (χ0v) is 21.9. The molecule has 5 nitrogen and oxygen atoms in total. The number of carbonyl (C=O) groups excluding carboxylic acids is 2. The lowest BCUT2D eigenvalue weighted by Crippen LogP contribution is -2.51. The molecule has 8 heteroatoms. The summed E-state index contributed by atoms with van der Waals surface area (Å²) < 4.78 is 5.79. The van der Waals surface area contributed by atoms with Crippen molar-refractivity contribution in [2.45, 2.75) is 66.1 Å². The average Bonchev–Trinajstić information content (AvgIpc) is 2.77.